The number of halogens is 1. The van der Waals surface area contributed by atoms with Crippen molar-refractivity contribution < 1.29 is 9.15 Å². The number of hydrogen-bond acceptors (Lipinski definition) is 3. The second-order valence-electron chi connectivity index (χ2n) is 5.81. The summed E-state index contributed by atoms with van der Waals surface area (Å²) in [6.07, 6.45) is 2.86. The zero-order valence-electron chi connectivity index (χ0n) is 12.6. The van der Waals surface area contributed by atoms with Crippen molar-refractivity contribution in [3.8, 4) is 0 Å². The van der Waals surface area contributed by atoms with Gasteiger partial charge in [0, 0.05) is 6.61 Å². The Bertz CT molecular complexity index is 370. The van der Waals surface area contributed by atoms with Gasteiger partial charge in [-0.25, -0.2) is 0 Å². The number of hydrogen-bond donors (Lipinski definition) is 1. The summed E-state index contributed by atoms with van der Waals surface area (Å²) in [5.74, 6) is 0.918. The maximum atomic E-state index is 6.00. The molecular formula is C15H26BrNO2. The maximum Gasteiger partial charge on any atom is 0.137 e. The summed E-state index contributed by atoms with van der Waals surface area (Å²) in [6, 6.07) is 1.99. The van der Waals surface area contributed by atoms with Crippen molar-refractivity contribution in [1.82, 2.24) is 5.32 Å². The Labute approximate surface area is 125 Å². The normalized spacial score (nSPS) is 15.5. The van der Waals surface area contributed by atoms with Crippen molar-refractivity contribution in [3.05, 3.63) is 22.6 Å². The van der Waals surface area contributed by atoms with Crippen LogP contribution in [0.5, 0.6) is 0 Å². The van der Waals surface area contributed by atoms with Crippen molar-refractivity contribution in [2.24, 2.45) is 5.41 Å². The Hall–Kier alpha value is -0.320. The molecule has 0 amide bonds. The molecule has 2 atom stereocenters. The minimum absolute atomic E-state index is 0.0354. The van der Waals surface area contributed by atoms with Gasteiger partial charge in [-0.3, -0.25) is 0 Å². The highest BCUT2D eigenvalue weighted by Crippen LogP contribution is 2.36. The van der Waals surface area contributed by atoms with Crippen LogP contribution in [0.4, 0.5) is 0 Å². The summed E-state index contributed by atoms with van der Waals surface area (Å²) in [4.78, 5) is 0. The predicted octanol–water partition coefficient (Wildman–Crippen LogP) is 4.53. The van der Waals surface area contributed by atoms with Crippen LogP contribution >= 0.6 is 15.9 Å². The molecular weight excluding hydrogens is 306 g/mol. The van der Waals surface area contributed by atoms with E-state index in [1.54, 1.807) is 6.26 Å². The highest BCUT2D eigenvalue weighted by Gasteiger charge is 2.36. The Balaban J connectivity index is 3.03. The molecule has 4 heteroatoms. The molecule has 3 nitrogen and oxygen atoms in total. The third-order valence-electron chi connectivity index (χ3n) is 3.04. The van der Waals surface area contributed by atoms with E-state index in [4.69, 9.17) is 9.15 Å². The molecule has 0 aliphatic carbocycles. The third kappa shape index (κ3) is 4.62. The SMILES string of the molecule is CCCNC(c1occc1Br)C(OCC)C(C)(C)C. The van der Waals surface area contributed by atoms with Crippen LogP contribution < -0.4 is 5.32 Å². The first kappa shape index (κ1) is 16.7. The van der Waals surface area contributed by atoms with E-state index >= 15 is 0 Å². The fourth-order valence-corrected chi connectivity index (χ4v) is 2.64. The van der Waals surface area contributed by atoms with E-state index in [9.17, 15) is 0 Å². The highest BCUT2D eigenvalue weighted by atomic mass is 79.9. The van der Waals surface area contributed by atoms with Gasteiger partial charge < -0.3 is 14.5 Å². The first-order valence-corrected chi connectivity index (χ1v) is 7.79. The van der Waals surface area contributed by atoms with Crippen LogP contribution in [0.25, 0.3) is 0 Å². The van der Waals surface area contributed by atoms with Crippen LogP contribution in [0.3, 0.4) is 0 Å². The van der Waals surface area contributed by atoms with E-state index < -0.39 is 0 Å². The molecule has 19 heavy (non-hydrogen) atoms. The van der Waals surface area contributed by atoms with E-state index in [0.717, 1.165) is 23.2 Å². The standard InChI is InChI=1S/C15H26BrNO2/c1-6-9-17-12(13-11(16)8-10-19-13)14(18-7-2)15(3,4)5/h8,10,12,14,17H,6-7,9H2,1-5H3. The molecule has 1 aromatic heterocycles. The Morgan fingerprint density at radius 2 is 2.05 bits per heavy atom. The maximum absolute atomic E-state index is 6.00. The number of ether oxygens (including phenoxy) is 1. The lowest BCUT2D eigenvalue weighted by Gasteiger charge is -2.36. The molecule has 2 unspecified atom stereocenters. The van der Waals surface area contributed by atoms with Crippen LogP contribution in [-0.4, -0.2) is 19.3 Å². The van der Waals surface area contributed by atoms with E-state index in [1.807, 2.05) is 13.0 Å². The predicted molar refractivity (Wildman–Crippen MR) is 82.3 cm³/mol. The molecule has 0 fully saturated rings. The van der Waals surface area contributed by atoms with Gasteiger partial charge in [0.2, 0.25) is 0 Å². The Morgan fingerprint density at radius 1 is 1.37 bits per heavy atom. The lowest BCUT2D eigenvalue weighted by Crippen LogP contribution is -2.42. The van der Waals surface area contributed by atoms with Gasteiger partial charge in [0.1, 0.15) is 5.76 Å². The molecule has 0 aliphatic heterocycles. The van der Waals surface area contributed by atoms with Crippen molar-refractivity contribution >= 4 is 15.9 Å². The topological polar surface area (TPSA) is 34.4 Å². The first-order valence-electron chi connectivity index (χ1n) is 6.99. The summed E-state index contributed by atoms with van der Waals surface area (Å²) in [6.45, 7) is 12.4. The lowest BCUT2D eigenvalue weighted by molar-refractivity contribution is -0.0410. The molecule has 0 spiro atoms. The average Bonchev–Trinajstić information content (AvgIpc) is 2.73. The van der Waals surface area contributed by atoms with Gasteiger partial charge in [0.05, 0.1) is 22.9 Å². The minimum atomic E-state index is 0.0354. The van der Waals surface area contributed by atoms with E-state index in [2.05, 4.69) is 48.9 Å². The third-order valence-corrected chi connectivity index (χ3v) is 3.70. The molecule has 0 aliphatic rings. The summed E-state index contributed by atoms with van der Waals surface area (Å²) >= 11 is 3.56. The summed E-state index contributed by atoms with van der Waals surface area (Å²) in [7, 11) is 0. The van der Waals surface area contributed by atoms with Gasteiger partial charge in [-0.1, -0.05) is 27.7 Å². The van der Waals surface area contributed by atoms with Crippen LogP contribution in [-0.2, 0) is 4.74 Å². The molecule has 0 bridgehead atoms. The lowest BCUT2D eigenvalue weighted by atomic mass is 9.83. The minimum Gasteiger partial charge on any atom is -0.466 e. The van der Waals surface area contributed by atoms with Crippen molar-refractivity contribution in [2.45, 2.75) is 53.2 Å². The van der Waals surface area contributed by atoms with E-state index in [0.29, 0.717) is 6.61 Å². The second kappa shape index (κ2) is 7.46. The zero-order chi connectivity index (χ0) is 14.5. The first-order chi connectivity index (χ1) is 8.91. The molecule has 1 rings (SSSR count). The van der Waals surface area contributed by atoms with Crippen molar-refractivity contribution in [3.63, 3.8) is 0 Å². The van der Waals surface area contributed by atoms with Crippen LogP contribution in [0.2, 0.25) is 0 Å². The quantitative estimate of drug-likeness (QED) is 0.796. The average molecular weight is 332 g/mol. The molecule has 1 aromatic rings. The smallest absolute Gasteiger partial charge is 0.137 e. The largest absolute Gasteiger partial charge is 0.466 e. The van der Waals surface area contributed by atoms with Gasteiger partial charge >= 0.3 is 0 Å². The van der Waals surface area contributed by atoms with Crippen molar-refractivity contribution in [2.75, 3.05) is 13.2 Å². The summed E-state index contributed by atoms with van der Waals surface area (Å²) < 4.78 is 12.7. The molecule has 1 N–H and O–H groups in total. The van der Waals surface area contributed by atoms with E-state index in [-0.39, 0.29) is 17.6 Å². The zero-order valence-corrected chi connectivity index (χ0v) is 14.2. The van der Waals surface area contributed by atoms with Crippen LogP contribution in [0.1, 0.15) is 52.8 Å². The van der Waals surface area contributed by atoms with E-state index in [1.165, 1.54) is 0 Å². The van der Waals surface area contributed by atoms with Gasteiger partial charge in [-0.2, -0.15) is 0 Å². The number of nitrogens with one attached hydrogen (secondary N) is 1. The van der Waals surface area contributed by atoms with Gasteiger partial charge in [0.15, 0.2) is 0 Å². The fourth-order valence-electron chi connectivity index (χ4n) is 2.19. The molecule has 0 aromatic carbocycles. The number of rotatable bonds is 7. The van der Waals surface area contributed by atoms with Crippen LogP contribution in [0, 0.1) is 5.41 Å². The summed E-state index contributed by atoms with van der Waals surface area (Å²) in [5.41, 5.74) is 0.0354. The molecule has 0 radical (unpaired) electrons. The molecule has 0 saturated heterocycles. The fraction of sp³-hybridized carbons (Fsp3) is 0.733. The monoisotopic (exact) mass is 331 g/mol. The second-order valence-corrected chi connectivity index (χ2v) is 6.66. The number of furan rings is 1. The Morgan fingerprint density at radius 3 is 2.47 bits per heavy atom. The molecule has 1 heterocycles. The van der Waals surface area contributed by atoms with Gasteiger partial charge in [-0.15, -0.1) is 0 Å². The van der Waals surface area contributed by atoms with Gasteiger partial charge in [0.25, 0.3) is 0 Å². The Kier molecular flexibility index (Phi) is 6.57. The molecule has 0 saturated carbocycles. The van der Waals surface area contributed by atoms with Gasteiger partial charge in [-0.05, 0) is 47.3 Å². The highest BCUT2D eigenvalue weighted by molar-refractivity contribution is 9.10. The summed E-state index contributed by atoms with van der Waals surface area (Å²) in [5, 5.41) is 3.56. The van der Waals surface area contributed by atoms with Crippen molar-refractivity contribution in [1.29, 1.82) is 0 Å². The van der Waals surface area contributed by atoms with Crippen LogP contribution in [0.15, 0.2) is 21.2 Å². The molecule has 110 valence electrons.